The molecular formula is C13H17NO2. The molecule has 0 aromatic heterocycles. The quantitative estimate of drug-likeness (QED) is 0.828. The van der Waals surface area contributed by atoms with Gasteiger partial charge in [-0.1, -0.05) is 23.8 Å². The molecule has 3 nitrogen and oxygen atoms in total. The summed E-state index contributed by atoms with van der Waals surface area (Å²) >= 11 is 0. The van der Waals surface area contributed by atoms with Gasteiger partial charge in [0, 0.05) is 6.04 Å². The molecule has 1 N–H and O–H groups in total. The summed E-state index contributed by atoms with van der Waals surface area (Å²) in [4.78, 5) is 11.3. The lowest BCUT2D eigenvalue weighted by Gasteiger charge is -2.11. The highest BCUT2D eigenvalue weighted by molar-refractivity contribution is 5.67. The van der Waals surface area contributed by atoms with Crippen LogP contribution < -0.4 is 5.32 Å². The second-order valence-electron chi connectivity index (χ2n) is 4.24. The first-order valence-electron chi connectivity index (χ1n) is 5.70. The Bertz CT molecular complexity index is 401. The lowest BCUT2D eigenvalue weighted by molar-refractivity contribution is 0.148. The third kappa shape index (κ3) is 2.35. The van der Waals surface area contributed by atoms with E-state index in [2.05, 4.69) is 30.4 Å². The minimum absolute atomic E-state index is 0.191. The highest BCUT2D eigenvalue weighted by atomic mass is 16.5. The summed E-state index contributed by atoms with van der Waals surface area (Å²) in [7, 11) is 0. The molecule has 16 heavy (non-hydrogen) atoms. The highest BCUT2D eigenvalue weighted by Crippen LogP contribution is 2.23. The Morgan fingerprint density at radius 1 is 1.44 bits per heavy atom. The van der Waals surface area contributed by atoms with Gasteiger partial charge in [0.15, 0.2) is 0 Å². The lowest BCUT2D eigenvalue weighted by atomic mass is 10.1. The van der Waals surface area contributed by atoms with E-state index in [-0.39, 0.29) is 12.1 Å². The largest absolute Gasteiger partial charge is 0.450 e. The van der Waals surface area contributed by atoms with Gasteiger partial charge in [-0.3, -0.25) is 0 Å². The first-order chi connectivity index (χ1) is 7.69. The van der Waals surface area contributed by atoms with Crippen molar-refractivity contribution in [3.8, 4) is 0 Å². The summed E-state index contributed by atoms with van der Waals surface area (Å²) in [6.07, 6.45) is 1.52. The van der Waals surface area contributed by atoms with Crippen molar-refractivity contribution in [3.63, 3.8) is 0 Å². The van der Waals surface area contributed by atoms with E-state index in [9.17, 15) is 4.79 Å². The van der Waals surface area contributed by atoms with Gasteiger partial charge in [0.2, 0.25) is 0 Å². The number of alkyl carbamates (subject to hydrolysis) is 1. The maximum absolute atomic E-state index is 11.3. The van der Waals surface area contributed by atoms with E-state index in [1.54, 1.807) is 0 Å². The summed E-state index contributed by atoms with van der Waals surface area (Å²) < 4.78 is 4.88. The van der Waals surface area contributed by atoms with Crippen molar-refractivity contribution in [2.75, 3.05) is 6.61 Å². The molecular weight excluding hydrogens is 202 g/mol. The first kappa shape index (κ1) is 11.0. The molecule has 1 aliphatic rings. The van der Waals surface area contributed by atoms with E-state index in [4.69, 9.17) is 4.74 Å². The molecule has 1 aliphatic carbocycles. The highest BCUT2D eigenvalue weighted by Gasteiger charge is 2.22. The van der Waals surface area contributed by atoms with Crippen LogP contribution in [0.2, 0.25) is 0 Å². The maximum atomic E-state index is 11.3. The number of benzene rings is 1. The smallest absolute Gasteiger partial charge is 0.407 e. The topological polar surface area (TPSA) is 38.3 Å². The number of amides is 1. The molecule has 0 heterocycles. The minimum Gasteiger partial charge on any atom is -0.450 e. The van der Waals surface area contributed by atoms with Crippen LogP contribution in [0.25, 0.3) is 0 Å². The predicted molar refractivity (Wildman–Crippen MR) is 62.5 cm³/mol. The number of carbonyl (C=O) groups excluding carboxylic acids is 1. The summed E-state index contributed by atoms with van der Waals surface area (Å²) in [6, 6.07) is 6.65. The monoisotopic (exact) mass is 219 g/mol. The standard InChI is InChI=1S/C13H17NO2/c1-3-16-13(15)14-12-7-10-5-4-9(2)6-11(10)8-12/h4-6,12H,3,7-8H2,1-2H3,(H,14,15)/t12-/m1/s1. The van der Waals surface area contributed by atoms with E-state index in [0.29, 0.717) is 6.61 Å². The SMILES string of the molecule is CCOC(=O)N[C@@H]1Cc2ccc(C)cc2C1. The number of carbonyl (C=O) groups is 1. The van der Waals surface area contributed by atoms with Crippen molar-refractivity contribution in [1.82, 2.24) is 5.32 Å². The Kier molecular flexibility index (Phi) is 3.13. The van der Waals surface area contributed by atoms with Crippen molar-refractivity contribution >= 4 is 6.09 Å². The van der Waals surface area contributed by atoms with E-state index in [1.807, 2.05) is 6.92 Å². The Morgan fingerprint density at radius 2 is 2.19 bits per heavy atom. The molecule has 1 atom stereocenters. The van der Waals surface area contributed by atoms with E-state index >= 15 is 0 Å². The van der Waals surface area contributed by atoms with Crippen molar-refractivity contribution in [3.05, 3.63) is 34.9 Å². The third-order valence-electron chi connectivity index (χ3n) is 2.89. The Morgan fingerprint density at radius 3 is 2.94 bits per heavy atom. The number of nitrogens with one attached hydrogen (secondary N) is 1. The van der Waals surface area contributed by atoms with E-state index < -0.39 is 0 Å². The number of ether oxygens (including phenoxy) is 1. The van der Waals surface area contributed by atoms with Crippen LogP contribution in [0.15, 0.2) is 18.2 Å². The molecule has 1 amide bonds. The zero-order chi connectivity index (χ0) is 11.5. The number of hydrogen-bond acceptors (Lipinski definition) is 2. The minimum atomic E-state index is -0.308. The maximum Gasteiger partial charge on any atom is 0.407 e. The molecule has 0 aliphatic heterocycles. The summed E-state index contributed by atoms with van der Waals surface area (Å²) in [5, 5.41) is 2.89. The third-order valence-corrected chi connectivity index (χ3v) is 2.89. The molecule has 0 fully saturated rings. The fourth-order valence-electron chi connectivity index (χ4n) is 2.19. The average Bonchev–Trinajstić information content (AvgIpc) is 2.59. The number of fused-ring (bicyclic) bond motifs is 1. The molecule has 1 aromatic rings. The fourth-order valence-corrected chi connectivity index (χ4v) is 2.19. The summed E-state index contributed by atoms with van der Waals surface area (Å²) in [5.74, 6) is 0. The molecule has 0 spiro atoms. The van der Waals surface area contributed by atoms with Gasteiger partial charge in [-0.05, 0) is 37.8 Å². The van der Waals surface area contributed by atoms with Gasteiger partial charge in [-0.25, -0.2) is 4.79 Å². The second kappa shape index (κ2) is 4.56. The van der Waals surface area contributed by atoms with Crippen LogP contribution in [0.1, 0.15) is 23.6 Å². The van der Waals surface area contributed by atoms with Crippen LogP contribution in [-0.4, -0.2) is 18.7 Å². The predicted octanol–water partition coefficient (Wildman–Crippen LogP) is 2.21. The molecule has 0 saturated carbocycles. The number of aryl methyl sites for hydroxylation is 1. The normalized spacial score (nSPS) is 18.0. The van der Waals surface area contributed by atoms with Gasteiger partial charge in [0.1, 0.15) is 0 Å². The molecule has 86 valence electrons. The summed E-state index contributed by atoms with van der Waals surface area (Å²) in [5.41, 5.74) is 3.96. The first-order valence-corrected chi connectivity index (χ1v) is 5.70. The number of hydrogen-bond donors (Lipinski definition) is 1. The Labute approximate surface area is 95.8 Å². The Balaban J connectivity index is 1.97. The molecule has 2 rings (SSSR count). The van der Waals surface area contributed by atoms with Gasteiger partial charge in [0.25, 0.3) is 0 Å². The average molecular weight is 219 g/mol. The molecule has 0 unspecified atom stereocenters. The van der Waals surface area contributed by atoms with Crippen molar-refractivity contribution in [2.45, 2.75) is 32.7 Å². The molecule has 1 aromatic carbocycles. The zero-order valence-electron chi connectivity index (χ0n) is 9.75. The van der Waals surface area contributed by atoms with Gasteiger partial charge < -0.3 is 10.1 Å². The van der Waals surface area contributed by atoms with Gasteiger partial charge in [-0.15, -0.1) is 0 Å². The molecule has 0 saturated heterocycles. The van der Waals surface area contributed by atoms with Gasteiger partial charge in [-0.2, -0.15) is 0 Å². The molecule has 3 heteroatoms. The second-order valence-corrected chi connectivity index (χ2v) is 4.24. The Hall–Kier alpha value is -1.51. The van der Waals surface area contributed by atoms with E-state index in [0.717, 1.165) is 12.8 Å². The van der Waals surface area contributed by atoms with Crippen molar-refractivity contribution < 1.29 is 9.53 Å². The summed E-state index contributed by atoms with van der Waals surface area (Å²) in [6.45, 7) is 4.32. The van der Waals surface area contributed by atoms with Crippen molar-refractivity contribution in [1.29, 1.82) is 0 Å². The van der Waals surface area contributed by atoms with Crippen LogP contribution in [-0.2, 0) is 17.6 Å². The van der Waals surface area contributed by atoms with Crippen LogP contribution in [0.3, 0.4) is 0 Å². The lowest BCUT2D eigenvalue weighted by Crippen LogP contribution is -2.35. The van der Waals surface area contributed by atoms with Gasteiger partial charge in [0.05, 0.1) is 6.61 Å². The zero-order valence-corrected chi connectivity index (χ0v) is 9.75. The van der Waals surface area contributed by atoms with Crippen LogP contribution in [0.4, 0.5) is 4.79 Å². The van der Waals surface area contributed by atoms with Crippen molar-refractivity contribution in [2.24, 2.45) is 0 Å². The van der Waals surface area contributed by atoms with Gasteiger partial charge >= 0.3 is 6.09 Å². The van der Waals surface area contributed by atoms with Crippen LogP contribution >= 0.6 is 0 Å². The van der Waals surface area contributed by atoms with Crippen LogP contribution in [0.5, 0.6) is 0 Å². The van der Waals surface area contributed by atoms with E-state index in [1.165, 1.54) is 16.7 Å². The molecule has 0 radical (unpaired) electrons. The molecule has 0 bridgehead atoms. The number of rotatable bonds is 2. The fraction of sp³-hybridized carbons (Fsp3) is 0.462. The van der Waals surface area contributed by atoms with Crippen LogP contribution in [0, 0.1) is 6.92 Å².